The van der Waals surface area contributed by atoms with Crippen molar-refractivity contribution in [3.05, 3.63) is 54.0 Å². The molecule has 0 saturated heterocycles. The monoisotopic (exact) mass is 228 g/mol. The summed E-state index contributed by atoms with van der Waals surface area (Å²) in [5, 5.41) is 3.14. The highest BCUT2D eigenvalue weighted by atomic mass is 16.1. The third kappa shape index (κ3) is 3.01. The van der Waals surface area contributed by atoms with Crippen molar-refractivity contribution in [1.29, 1.82) is 0 Å². The summed E-state index contributed by atoms with van der Waals surface area (Å²) in [5.74, 6) is 0.227. The third-order valence-electron chi connectivity index (χ3n) is 2.27. The van der Waals surface area contributed by atoms with Crippen LogP contribution in [0.4, 0.5) is 5.82 Å². The van der Waals surface area contributed by atoms with Crippen LogP contribution in [0, 0.1) is 0 Å². The first-order valence-corrected chi connectivity index (χ1v) is 5.14. The largest absolute Gasteiger partial charge is 0.366 e. The Balaban J connectivity index is 1.98. The molecule has 2 aromatic heterocycles. The fraction of sp³-hybridized carbons (Fsp3) is 0.0833. The Morgan fingerprint density at radius 2 is 2.00 bits per heavy atom. The maximum absolute atomic E-state index is 10.8. The summed E-state index contributed by atoms with van der Waals surface area (Å²) >= 11 is 0. The second-order valence-electron chi connectivity index (χ2n) is 3.51. The number of aromatic nitrogens is 2. The second kappa shape index (κ2) is 5.07. The molecule has 0 saturated carbocycles. The van der Waals surface area contributed by atoms with Crippen molar-refractivity contribution in [3.63, 3.8) is 0 Å². The molecule has 0 spiro atoms. The van der Waals surface area contributed by atoms with Crippen molar-refractivity contribution < 1.29 is 4.79 Å². The number of primary amides is 1. The number of rotatable bonds is 4. The van der Waals surface area contributed by atoms with E-state index >= 15 is 0 Å². The summed E-state index contributed by atoms with van der Waals surface area (Å²) < 4.78 is 0. The minimum absolute atomic E-state index is 0.402. The normalized spacial score (nSPS) is 9.88. The molecule has 0 aliphatic heterocycles. The molecular weight excluding hydrogens is 216 g/mol. The number of carbonyl (C=O) groups is 1. The molecule has 1 amide bonds. The highest BCUT2D eigenvalue weighted by Crippen LogP contribution is 2.06. The van der Waals surface area contributed by atoms with E-state index in [1.165, 1.54) is 6.20 Å². The Bertz CT molecular complexity index is 496. The molecule has 2 heterocycles. The average molecular weight is 228 g/mol. The van der Waals surface area contributed by atoms with E-state index in [1.807, 2.05) is 12.1 Å². The minimum Gasteiger partial charge on any atom is -0.366 e. The molecule has 0 aromatic carbocycles. The van der Waals surface area contributed by atoms with Gasteiger partial charge in [0.25, 0.3) is 0 Å². The first-order valence-electron chi connectivity index (χ1n) is 5.14. The van der Waals surface area contributed by atoms with Gasteiger partial charge in [-0.1, -0.05) is 0 Å². The molecule has 0 unspecified atom stereocenters. The number of amides is 1. The van der Waals surface area contributed by atoms with Crippen LogP contribution in [0.1, 0.15) is 15.9 Å². The van der Waals surface area contributed by atoms with E-state index < -0.39 is 5.91 Å². The van der Waals surface area contributed by atoms with Crippen LogP contribution >= 0.6 is 0 Å². The Morgan fingerprint density at radius 3 is 2.59 bits per heavy atom. The highest BCUT2D eigenvalue weighted by Gasteiger charge is 2.00. The van der Waals surface area contributed by atoms with E-state index in [1.54, 1.807) is 24.5 Å². The number of nitrogens with zero attached hydrogens (tertiary/aromatic N) is 2. The van der Waals surface area contributed by atoms with Crippen LogP contribution in [0.2, 0.25) is 0 Å². The van der Waals surface area contributed by atoms with E-state index in [9.17, 15) is 4.79 Å². The molecule has 0 radical (unpaired) electrons. The Morgan fingerprint density at radius 1 is 1.24 bits per heavy atom. The van der Waals surface area contributed by atoms with E-state index in [0.717, 1.165) is 5.56 Å². The molecule has 2 aromatic rings. The number of hydrogen-bond acceptors (Lipinski definition) is 4. The average Bonchev–Trinajstić information content (AvgIpc) is 2.38. The number of hydrogen-bond donors (Lipinski definition) is 2. The lowest BCUT2D eigenvalue weighted by molar-refractivity contribution is 0.1000. The molecule has 86 valence electrons. The quantitative estimate of drug-likeness (QED) is 0.823. The summed E-state index contributed by atoms with van der Waals surface area (Å²) in [4.78, 5) is 18.9. The molecule has 5 nitrogen and oxygen atoms in total. The zero-order valence-electron chi connectivity index (χ0n) is 9.13. The van der Waals surface area contributed by atoms with Crippen LogP contribution in [0.5, 0.6) is 0 Å². The lowest BCUT2D eigenvalue weighted by atomic mass is 10.2. The number of nitrogens with two attached hydrogens (primary N) is 1. The van der Waals surface area contributed by atoms with Crippen molar-refractivity contribution in [3.8, 4) is 0 Å². The first kappa shape index (κ1) is 11.1. The Labute approximate surface area is 98.7 Å². The molecule has 2 rings (SSSR count). The van der Waals surface area contributed by atoms with Gasteiger partial charge in [-0.25, -0.2) is 4.98 Å². The van der Waals surface area contributed by atoms with Gasteiger partial charge in [0.15, 0.2) is 0 Å². The van der Waals surface area contributed by atoms with Gasteiger partial charge in [-0.2, -0.15) is 0 Å². The van der Waals surface area contributed by atoms with Crippen LogP contribution < -0.4 is 11.1 Å². The van der Waals surface area contributed by atoms with Gasteiger partial charge in [0.2, 0.25) is 5.91 Å². The summed E-state index contributed by atoms with van der Waals surface area (Å²) in [6.45, 7) is 0.658. The molecule has 3 N–H and O–H groups in total. The van der Waals surface area contributed by atoms with Gasteiger partial charge in [0.1, 0.15) is 5.82 Å². The van der Waals surface area contributed by atoms with Crippen LogP contribution in [0.25, 0.3) is 0 Å². The maximum atomic E-state index is 10.8. The predicted molar refractivity (Wildman–Crippen MR) is 64.3 cm³/mol. The number of carbonyl (C=O) groups excluding carboxylic acids is 1. The summed E-state index contributed by atoms with van der Waals surface area (Å²) in [7, 11) is 0. The van der Waals surface area contributed by atoms with E-state index in [2.05, 4.69) is 15.3 Å². The van der Waals surface area contributed by atoms with Crippen molar-refractivity contribution >= 4 is 11.7 Å². The Kier molecular flexibility index (Phi) is 3.30. The van der Waals surface area contributed by atoms with Gasteiger partial charge >= 0.3 is 0 Å². The van der Waals surface area contributed by atoms with E-state index in [4.69, 9.17) is 5.73 Å². The molecule has 0 aliphatic rings. The van der Waals surface area contributed by atoms with Gasteiger partial charge in [0.05, 0.1) is 5.56 Å². The molecule has 0 fully saturated rings. The fourth-order valence-corrected chi connectivity index (χ4v) is 1.34. The van der Waals surface area contributed by atoms with Crippen molar-refractivity contribution in [2.24, 2.45) is 5.73 Å². The smallest absolute Gasteiger partial charge is 0.250 e. The van der Waals surface area contributed by atoms with Gasteiger partial charge in [-0.3, -0.25) is 9.78 Å². The zero-order chi connectivity index (χ0) is 12.1. The minimum atomic E-state index is -0.474. The van der Waals surface area contributed by atoms with Gasteiger partial charge in [-0.05, 0) is 29.8 Å². The number of anilines is 1. The molecule has 0 aliphatic carbocycles. The van der Waals surface area contributed by atoms with Crippen LogP contribution in [-0.4, -0.2) is 15.9 Å². The first-order chi connectivity index (χ1) is 8.25. The van der Waals surface area contributed by atoms with Crippen LogP contribution in [0.3, 0.4) is 0 Å². The van der Waals surface area contributed by atoms with E-state index in [0.29, 0.717) is 17.9 Å². The molecule has 0 atom stereocenters. The number of pyridine rings is 2. The lowest BCUT2D eigenvalue weighted by Gasteiger charge is -2.05. The molecule has 17 heavy (non-hydrogen) atoms. The fourth-order valence-electron chi connectivity index (χ4n) is 1.34. The van der Waals surface area contributed by atoms with Gasteiger partial charge in [0, 0.05) is 25.1 Å². The third-order valence-corrected chi connectivity index (χ3v) is 2.27. The summed E-state index contributed by atoms with van der Waals surface area (Å²) in [6, 6.07) is 7.21. The molecule has 5 heteroatoms. The lowest BCUT2D eigenvalue weighted by Crippen LogP contribution is -2.11. The summed E-state index contributed by atoms with van der Waals surface area (Å²) in [6.07, 6.45) is 4.93. The SMILES string of the molecule is NC(=O)c1ccc(NCc2ccncc2)nc1. The van der Waals surface area contributed by atoms with Crippen molar-refractivity contribution in [2.75, 3.05) is 5.32 Å². The van der Waals surface area contributed by atoms with Crippen molar-refractivity contribution in [1.82, 2.24) is 9.97 Å². The van der Waals surface area contributed by atoms with Gasteiger partial charge in [-0.15, -0.1) is 0 Å². The maximum Gasteiger partial charge on any atom is 0.250 e. The molecular formula is C12H12N4O. The zero-order valence-corrected chi connectivity index (χ0v) is 9.13. The predicted octanol–water partition coefficient (Wildman–Crippen LogP) is 1.19. The summed E-state index contributed by atoms with van der Waals surface area (Å²) in [5.41, 5.74) is 6.64. The Hall–Kier alpha value is -2.43. The topological polar surface area (TPSA) is 80.9 Å². The standard InChI is InChI=1S/C12H12N4O/c13-12(17)10-1-2-11(16-8-10)15-7-9-3-5-14-6-4-9/h1-6,8H,7H2,(H2,13,17)(H,15,16). The van der Waals surface area contributed by atoms with Crippen LogP contribution in [-0.2, 0) is 6.54 Å². The molecule has 0 bridgehead atoms. The van der Waals surface area contributed by atoms with Gasteiger partial charge < -0.3 is 11.1 Å². The second-order valence-corrected chi connectivity index (χ2v) is 3.51. The van der Waals surface area contributed by atoms with Crippen molar-refractivity contribution in [2.45, 2.75) is 6.54 Å². The highest BCUT2D eigenvalue weighted by molar-refractivity contribution is 5.92. The number of nitrogens with one attached hydrogen (secondary N) is 1. The van der Waals surface area contributed by atoms with E-state index in [-0.39, 0.29) is 0 Å². The van der Waals surface area contributed by atoms with Crippen LogP contribution in [0.15, 0.2) is 42.9 Å².